The molecule has 0 aliphatic carbocycles. The number of benzene rings is 2. The first kappa shape index (κ1) is 25.1. The summed E-state index contributed by atoms with van der Waals surface area (Å²) in [5, 5.41) is 0.270. The topological polar surface area (TPSA) is 80.3 Å². The molecule has 0 aromatic heterocycles. The molecule has 0 spiro atoms. The Labute approximate surface area is 192 Å². The summed E-state index contributed by atoms with van der Waals surface area (Å²) in [4.78, 5) is 23.8. The second-order valence-electron chi connectivity index (χ2n) is 6.69. The standard InChI is InChI=1S/C24H27ClO7/c1-28-20-11-10-15(14-21(20)29-2)17(8-6-7-9-22(26)30-3)16-12-18(24(27)32-5)23(31-4)19(25)13-16/h8,10-14H,6-7,9H2,1-5H3/b17-8+. The molecular formula is C24H27ClO7. The average Bonchev–Trinajstić information content (AvgIpc) is 2.82. The average molecular weight is 463 g/mol. The molecule has 2 aromatic rings. The van der Waals surface area contributed by atoms with Gasteiger partial charge in [0, 0.05) is 6.42 Å². The van der Waals surface area contributed by atoms with Crippen LogP contribution in [-0.4, -0.2) is 47.5 Å². The molecule has 0 heterocycles. The van der Waals surface area contributed by atoms with Crippen LogP contribution in [0.15, 0.2) is 36.4 Å². The summed E-state index contributed by atoms with van der Waals surface area (Å²) >= 11 is 6.43. The third-order valence-electron chi connectivity index (χ3n) is 4.82. The van der Waals surface area contributed by atoms with Crippen LogP contribution >= 0.6 is 11.6 Å². The highest BCUT2D eigenvalue weighted by molar-refractivity contribution is 6.33. The first-order chi connectivity index (χ1) is 15.4. The van der Waals surface area contributed by atoms with Crippen LogP contribution in [0.4, 0.5) is 0 Å². The Morgan fingerprint density at radius 3 is 2.19 bits per heavy atom. The third kappa shape index (κ3) is 5.95. The smallest absolute Gasteiger partial charge is 0.341 e. The first-order valence-electron chi connectivity index (χ1n) is 9.85. The Bertz CT molecular complexity index is 998. The van der Waals surface area contributed by atoms with E-state index in [-0.39, 0.29) is 22.3 Å². The van der Waals surface area contributed by atoms with E-state index in [1.54, 1.807) is 32.4 Å². The van der Waals surface area contributed by atoms with Crippen LogP contribution in [0.25, 0.3) is 5.57 Å². The zero-order valence-corrected chi connectivity index (χ0v) is 19.6. The Hall–Kier alpha value is -3.19. The number of carbonyl (C=O) groups is 2. The summed E-state index contributed by atoms with van der Waals surface area (Å²) in [6, 6.07) is 8.89. The van der Waals surface area contributed by atoms with Crippen LogP contribution in [0, 0.1) is 0 Å². The maximum Gasteiger partial charge on any atom is 0.341 e. The van der Waals surface area contributed by atoms with Crippen LogP contribution in [0.3, 0.4) is 0 Å². The number of unbranched alkanes of at least 4 members (excludes halogenated alkanes) is 1. The quantitative estimate of drug-likeness (QED) is 0.366. The molecule has 0 N–H and O–H groups in total. The lowest BCUT2D eigenvalue weighted by Gasteiger charge is -2.16. The molecule has 0 unspecified atom stereocenters. The SMILES string of the molecule is COC(=O)CCC/C=C(\c1ccc(OC)c(OC)c1)c1cc(Cl)c(OC)c(C(=O)OC)c1. The molecule has 0 saturated carbocycles. The number of hydrogen-bond acceptors (Lipinski definition) is 7. The van der Waals surface area contributed by atoms with E-state index in [1.165, 1.54) is 21.3 Å². The summed E-state index contributed by atoms with van der Waals surface area (Å²) in [6.45, 7) is 0. The van der Waals surface area contributed by atoms with Gasteiger partial charge in [0.25, 0.3) is 0 Å². The van der Waals surface area contributed by atoms with Gasteiger partial charge in [0.05, 0.1) is 40.6 Å². The molecule has 32 heavy (non-hydrogen) atoms. The lowest BCUT2D eigenvalue weighted by molar-refractivity contribution is -0.140. The molecule has 8 heteroatoms. The molecule has 0 fully saturated rings. The van der Waals surface area contributed by atoms with Gasteiger partial charge in [-0.25, -0.2) is 4.79 Å². The van der Waals surface area contributed by atoms with Gasteiger partial charge in [0.1, 0.15) is 5.56 Å². The second kappa shape index (κ2) is 12.0. The molecule has 172 valence electrons. The lowest BCUT2D eigenvalue weighted by atomic mass is 9.94. The Morgan fingerprint density at radius 2 is 1.59 bits per heavy atom. The van der Waals surface area contributed by atoms with Crippen LogP contribution in [0.2, 0.25) is 5.02 Å². The van der Waals surface area contributed by atoms with Gasteiger partial charge in [-0.05, 0) is 53.8 Å². The number of esters is 2. The zero-order valence-electron chi connectivity index (χ0n) is 18.8. The van der Waals surface area contributed by atoms with Crippen molar-refractivity contribution in [3.63, 3.8) is 0 Å². The van der Waals surface area contributed by atoms with E-state index >= 15 is 0 Å². The van der Waals surface area contributed by atoms with Gasteiger partial charge in [-0.3, -0.25) is 4.79 Å². The van der Waals surface area contributed by atoms with E-state index in [1.807, 2.05) is 18.2 Å². The number of hydrogen-bond donors (Lipinski definition) is 0. The predicted octanol–water partition coefficient (Wildman–Crippen LogP) is 4.93. The summed E-state index contributed by atoms with van der Waals surface area (Å²) in [6.07, 6.45) is 3.46. The van der Waals surface area contributed by atoms with Crippen molar-refractivity contribution in [3.8, 4) is 17.2 Å². The van der Waals surface area contributed by atoms with Gasteiger partial charge >= 0.3 is 11.9 Å². The van der Waals surface area contributed by atoms with E-state index in [0.717, 1.165) is 11.1 Å². The van der Waals surface area contributed by atoms with Crippen LogP contribution in [0.5, 0.6) is 17.2 Å². The Morgan fingerprint density at radius 1 is 0.875 bits per heavy atom. The van der Waals surface area contributed by atoms with E-state index in [9.17, 15) is 9.59 Å². The van der Waals surface area contributed by atoms with Crippen molar-refractivity contribution < 1.29 is 33.3 Å². The maximum absolute atomic E-state index is 12.3. The molecule has 0 aliphatic heterocycles. The normalized spacial score (nSPS) is 11.0. The lowest BCUT2D eigenvalue weighted by Crippen LogP contribution is -2.06. The monoisotopic (exact) mass is 462 g/mol. The van der Waals surface area contributed by atoms with Crippen molar-refractivity contribution >= 4 is 29.1 Å². The van der Waals surface area contributed by atoms with Crippen molar-refractivity contribution in [2.24, 2.45) is 0 Å². The van der Waals surface area contributed by atoms with E-state index in [0.29, 0.717) is 36.3 Å². The fourth-order valence-electron chi connectivity index (χ4n) is 3.22. The Balaban J connectivity index is 2.60. The fourth-order valence-corrected chi connectivity index (χ4v) is 3.52. The predicted molar refractivity (Wildman–Crippen MR) is 122 cm³/mol. The number of halogens is 1. The van der Waals surface area contributed by atoms with Gasteiger partial charge in [0.2, 0.25) is 0 Å². The van der Waals surface area contributed by atoms with E-state index in [4.69, 9.17) is 35.3 Å². The largest absolute Gasteiger partial charge is 0.494 e. The highest BCUT2D eigenvalue weighted by Gasteiger charge is 2.20. The molecule has 0 radical (unpaired) electrons. The molecule has 0 amide bonds. The summed E-state index contributed by atoms with van der Waals surface area (Å²) < 4.78 is 25.7. The van der Waals surface area contributed by atoms with Crippen LogP contribution in [-0.2, 0) is 14.3 Å². The zero-order chi connectivity index (χ0) is 23.7. The molecule has 0 bridgehead atoms. The fraction of sp³-hybridized carbons (Fsp3) is 0.333. The summed E-state index contributed by atoms with van der Waals surface area (Å²) in [5.41, 5.74) is 2.50. The summed E-state index contributed by atoms with van der Waals surface area (Å²) in [5.74, 6) is 0.539. The molecule has 7 nitrogen and oxygen atoms in total. The number of allylic oxidation sites excluding steroid dienone is 1. The third-order valence-corrected chi connectivity index (χ3v) is 5.10. The summed E-state index contributed by atoms with van der Waals surface area (Å²) in [7, 11) is 7.21. The maximum atomic E-state index is 12.3. The van der Waals surface area contributed by atoms with Gasteiger partial charge in [-0.2, -0.15) is 0 Å². The minimum atomic E-state index is -0.567. The van der Waals surface area contributed by atoms with E-state index < -0.39 is 5.97 Å². The number of carbonyl (C=O) groups excluding carboxylic acids is 2. The van der Waals surface area contributed by atoms with Crippen molar-refractivity contribution in [2.45, 2.75) is 19.3 Å². The highest BCUT2D eigenvalue weighted by Crippen LogP contribution is 2.37. The number of methoxy groups -OCH3 is 5. The molecule has 2 aromatic carbocycles. The van der Waals surface area contributed by atoms with Crippen molar-refractivity contribution in [2.75, 3.05) is 35.5 Å². The molecule has 0 atom stereocenters. The van der Waals surface area contributed by atoms with Crippen molar-refractivity contribution in [3.05, 3.63) is 58.1 Å². The minimum absolute atomic E-state index is 0.207. The highest BCUT2D eigenvalue weighted by atomic mass is 35.5. The molecule has 2 rings (SSSR count). The van der Waals surface area contributed by atoms with Gasteiger partial charge in [0.15, 0.2) is 17.2 Å². The first-order valence-corrected chi connectivity index (χ1v) is 10.2. The molecule has 0 aliphatic rings. The van der Waals surface area contributed by atoms with Gasteiger partial charge in [-0.1, -0.05) is 23.7 Å². The number of rotatable bonds is 10. The Kier molecular flexibility index (Phi) is 9.40. The van der Waals surface area contributed by atoms with E-state index in [2.05, 4.69) is 0 Å². The molecular weight excluding hydrogens is 436 g/mol. The second-order valence-corrected chi connectivity index (χ2v) is 7.09. The van der Waals surface area contributed by atoms with Crippen molar-refractivity contribution in [1.29, 1.82) is 0 Å². The van der Waals surface area contributed by atoms with Gasteiger partial charge < -0.3 is 23.7 Å². The van der Waals surface area contributed by atoms with Crippen LogP contribution < -0.4 is 14.2 Å². The number of ether oxygens (including phenoxy) is 5. The minimum Gasteiger partial charge on any atom is -0.494 e. The van der Waals surface area contributed by atoms with Gasteiger partial charge in [-0.15, -0.1) is 0 Å². The molecule has 0 saturated heterocycles. The van der Waals surface area contributed by atoms with Crippen LogP contribution in [0.1, 0.15) is 40.7 Å². The van der Waals surface area contributed by atoms with Crippen molar-refractivity contribution in [1.82, 2.24) is 0 Å².